The van der Waals surface area contributed by atoms with E-state index in [1.54, 1.807) is 29.5 Å². The van der Waals surface area contributed by atoms with Crippen molar-refractivity contribution in [2.24, 2.45) is 5.90 Å². The highest BCUT2D eigenvalue weighted by Gasteiger charge is 2.07. The van der Waals surface area contributed by atoms with Gasteiger partial charge in [-0.15, -0.1) is 11.3 Å². The summed E-state index contributed by atoms with van der Waals surface area (Å²) >= 11 is 1.60. The molecule has 17 heavy (non-hydrogen) atoms. The lowest BCUT2D eigenvalue weighted by atomic mass is 10.1. The zero-order valence-corrected chi connectivity index (χ0v) is 9.46. The van der Waals surface area contributed by atoms with Crippen molar-refractivity contribution in [1.82, 2.24) is 0 Å². The third kappa shape index (κ3) is 1.60. The normalized spacial score (nSPS) is 10.9. The van der Waals surface area contributed by atoms with Crippen LogP contribution in [0.3, 0.4) is 0 Å². The summed E-state index contributed by atoms with van der Waals surface area (Å²) < 4.78 is 14.3. The molecule has 86 valence electrons. The molecule has 0 aliphatic heterocycles. The maximum atomic E-state index is 12.1. The minimum atomic E-state index is 0.205. The molecule has 3 nitrogen and oxygen atoms in total. The van der Waals surface area contributed by atoms with Gasteiger partial charge in [0.1, 0.15) is 5.75 Å². The Morgan fingerprint density at radius 3 is 2.53 bits per heavy atom. The number of hydrogen-bond donors (Lipinski definition) is 1. The van der Waals surface area contributed by atoms with Gasteiger partial charge < -0.3 is 4.84 Å². The molecule has 2 N–H and O–H groups in total. The molecule has 0 saturated heterocycles. The topological polar surface area (TPSA) is 44.5 Å². The molecule has 3 rings (SSSR count). The average molecular weight is 249 g/mol. The van der Waals surface area contributed by atoms with Gasteiger partial charge >= 0.3 is 0 Å². The number of hydrogen-bond acceptors (Lipinski definition) is 4. The monoisotopic (exact) mass is 249 g/mol. The Morgan fingerprint density at radius 1 is 0.941 bits per heavy atom. The molecule has 0 unspecified atom stereocenters. The molecule has 1 aromatic heterocycles. The van der Waals surface area contributed by atoms with Gasteiger partial charge in [0.25, 0.3) is 0 Å². The fourth-order valence-corrected chi connectivity index (χ4v) is 2.97. The van der Waals surface area contributed by atoms with Crippen LogP contribution in [-0.4, -0.2) is 0 Å². The second-order valence-corrected chi connectivity index (χ2v) is 4.70. The van der Waals surface area contributed by atoms with E-state index >= 15 is 0 Å². The van der Waals surface area contributed by atoms with Crippen LogP contribution in [0.4, 0.5) is 4.53 Å². The molecule has 0 aliphatic carbocycles. The van der Waals surface area contributed by atoms with Gasteiger partial charge in [0.2, 0.25) is 0 Å². The van der Waals surface area contributed by atoms with Crippen LogP contribution in [-0.2, 0) is 0 Å². The summed E-state index contributed by atoms with van der Waals surface area (Å²) in [6.07, 6.45) is 0. The third-order valence-corrected chi connectivity index (χ3v) is 3.77. The van der Waals surface area contributed by atoms with E-state index < -0.39 is 0 Å². The number of halogens is 1. The van der Waals surface area contributed by atoms with Gasteiger partial charge in [0.15, 0.2) is 5.75 Å². The number of nitrogens with two attached hydrogens (primary N) is 1. The Bertz CT molecular complexity index is 695. The summed E-state index contributed by atoms with van der Waals surface area (Å²) in [7, 11) is 0. The summed E-state index contributed by atoms with van der Waals surface area (Å²) in [6, 6.07) is 10.6. The Hall–Kier alpha value is -1.85. The van der Waals surface area contributed by atoms with E-state index in [0.717, 1.165) is 20.2 Å². The summed E-state index contributed by atoms with van der Waals surface area (Å²) in [5, 5.41) is 1.99. The predicted octanol–water partition coefficient (Wildman–Crippen LogP) is 3.57. The maximum Gasteiger partial charge on any atom is 0.172 e. The van der Waals surface area contributed by atoms with Crippen LogP contribution >= 0.6 is 11.3 Å². The van der Waals surface area contributed by atoms with Crippen molar-refractivity contribution in [2.75, 3.05) is 0 Å². The summed E-state index contributed by atoms with van der Waals surface area (Å²) in [5.74, 6) is 5.92. The van der Waals surface area contributed by atoms with E-state index in [1.807, 2.05) is 18.2 Å². The van der Waals surface area contributed by atoms with Crippen molar-refractivity contribution in [2.45, 2.75) is 0 Å². The standard InChI is InChI=1S/C12H8FNO2S/c13-15-7-2-4-11-10(5-7)9-3-1-8(16-14)6-12(9)17-11/h1-6H,14H2. The van der Waals surface area contributed by atoms with Gasteiger partial charge in [-0.2, -0.15) is 5.90 Å². The summed E-state index contributed by atoms with van der Waals surface area (Å²) in [5.41, 5.74) is 0. The largest absolute Gasteiger partial charge is 0.411 e. The molecule has 0 bridgehead atoms. The molecular weight excluding hydrogens is 241 g/mol. The fourth-order valence-electron chi connectivity index (χ4n) is 1.86. The van der Waals surface area contributed by atoms with E-state index in [2.05, 4.69) is 9.78 Å². The van der Waals surface area contributed by atoms with Crippen molar-refractivity contribution in [3.8, 4) is 11.5 Å². The van der Waals surface area contributed by atoms with Crippen LogP contribution in [0.25, 0.3) is 20.2 Å². The maximum absolute atomic E-state index is 12.1. The zero-order valence-electron chi connectivity index (χ0n) is 8.64. The third-order valence-electron chi connectivity index (χ3n) is 2.64. The van der Waals surface area contributed by atoms with Crippen LogP contribution < -0.4 is 15.7 Å². The molecule has 2 aromatic carbocycles. The quantitative estimate of drug-likeness (QED) is 0.706. The van der Waals surface area contributed by atoms with E-state index in [9.17, 15) is 4.53 Å². The van der Waals surface area contributed by atoms with E-state index in [4.69, 9.17) is 5.90 Å². The lowest BCUT2D eigenvalue weighted by molar-refractivity contribution is -0.00602. The second-order valence-electron chi connectivity index (χ2n) is 3.61. The average Bonchev–Trinajstić information content (AvgIpc) is 2.74. The molecule has 0 spiro atoms. The number of fused-ring (bicyclic) bond motifs is 3. The molecule has 1 heterocycles. The Labute approximate surface area is 100 Å². The van der Waals surface area contributed by atoms with Gasteiger partial charge in [-0.1, -0.05) is 0 Å². The van der Waals surface area contributed by atoms with Gasteiger partial charge in [-0.3, -0.25) is 4.94 Å². The molecule has 0 radical (unpaired) electrons. The number of rotatable bonds is 2. The van der Waals surface area contributed by atoms with Crippen LogP contribution in [0, 0.1) is 0 Å². The minimum Gasteiger partial charge on any atom is -0.411 e. The molecule has 5 heteroatoms. The van der Waals surface area contributed by atoms with E-state index in [-0.39, 0.29) is 5.75 Å². The molecule has 0 aliphatic rings. The molecule has 0 fully saturated rings. The first kappa shape index (κ1) is 10.3. The van der Waals surface area contributed by atoms with Crippen LogP contribution in [0.5, 0.6) is 11.5 Å². The van der Waals surface area contributed by atoms with Crippen LogP contribution in [0.15, 0.2) is 36.4 Å². The molecule has 0 amide bonds. The Kier molecular flexibility index (Phi) is 2.35. The van der Waals surface area contributed by atoms with Crippen LogP contribution in [0.1, 0.15) is 0 Å². The number of thiophene rings is 1. The SMILES string of the molecule is NOc1ccc2c(c1)sc1ccc(OF)cc12. The van der Waals surface area contributed by atoms with Crippen molar-refractivity contribution >= 4 is 31.5 Å². The highest BCUT2D eigenvalue weighted by Crippen LogP contribution is 2.37. The lowest BCUT2D eigenvalue weighted by Crippen LogP contribution is -2.00. The van der Waals surface area contributed by atoms with E-state index in [1.165, 1.54) is 0 Å². The van der Waals surface area contributed by atoms with Crippen molar-refractivity contribution in [3.05, 3.63) is 36.4 Å². The Balaban J connectivity index is 2.34. The lowest BCUT2D eigenvalue weighted by Gasteiger charge is -1.97. The first-order valence-electron chi connectivity index (χ1n) is 4.93. The van der Waals surface area contributed by atoms with Gasteiger partial charge in [0, 0.05) is 30.8 Å². The molecule has 0 atom stereocenters. The summed E-state index contributed by atoms with van der Waals surface area (Å²) in [6.45, 7) is 0. The van der Waals surface area contributed by atoms with Crippen molar-refractivity contribution in [3.63, 3.8) is 0 Å². The molecule has 3 aromatic rings. The smallest absolute Gasteiger partial charge is 0.172 e. The Morgan fingerprint density at radius 2 is 1.76 bits per heavy atom. The highest BCUT2D eigenvalue weighted by molar-refractivity contribution is 7.25. The molecular formula is C12H8FNO2S. The predicted molar refractivity (Wildman–Crippen MR) is 65.9 cm³/mol. The van der Waals surface area contributed by atoms with E-state index in [0.29, 0.717) is 5.75 Å². The fraction of sp³-hybridized carbons (Fsp3) is 0. The minimum absolute atomic E-state index is 0.205. The van der Waals surface area contributed by atoms with Gasteiger partial charge in [0.05, 0.1) is 0 Å². The molecule has 0 saturated carbocycles. The highest BCUT2D eigenvalue weighted by atomic mass is 32.1. The zero-order chi connectivity index (χ0) is 11.8. The second kappa shape index (κ2) is 3.87. The first-order valence-corrected chi connectivity index (χ1v) is 5.75. The van der Waals surface area contributed by atoms with Crippen molar-refractivity contribution in [1.29, 1.82) is 0 Å². The van der Waals surface area contributed by atoms with Crippen LogP contribution in [0.2, 0.25) is 0 Å². The van der Waals surface area contributed by atoms with Gasteiger partial charge in [-0.25, -0.2) is 0 Å². The summed E-state index contributed by atoms with van der Waals surface area (Å²) in [4.78, 5) is 8.43. The first-order chi connectivity index (χ1) is 8.31. The number of benzene rings is 2. The van der Waals surface area contributed by atoms with Crippen molar-refractivity contribution < 1.29 is 14.3 Å². The van der Waals surface area contributed by atoms with Gasteiger partial charge in [-0.05, 0) is 30.3 Å².